The van der Waals surface area contributed by atoms with Gasteiger partial charge in [0, 0.05) is 5.69 Å². The van der Waals surface area contributed by atoms with Gasteiger partial charge < -0.3 is 14.8 Å². The number of aryl methyl sites for hydroxylation is 2. The number of carbonyl (C=O) groups is 2. The Bertz CT molecular complexity index is 1020. The number of hydrogen-bond donors (Lipinski definition) is 2. The largest absolute Gasteiger partial charge is 0.482 e. The van der Waals surface area contributed by atoms with Crippen LogP contribution in [-0.4, -0.2) is 33.0 Å². The predicted molar refractivity (Wildman–Crippen MR) is 106 cm³/mol. The topological polar surface area (TPSA) is 125 Å². The van der Waals surface area contributed by atoms with Crippen LogP contribution >= 0.6 is 0 Å². The molecule has 29 heavy (non-hydrogen) atoms. The van der Waals surface area contributed by atoms with E-state index >= 15 is 0 Å². The molecule has 1 amide bonds. The van der Waals surface area contributed by atoms with Crippen molar-refractivity contribution in [3.8, 4) is 5.75 Å². The molecule has 1 aliphatic carbocycles. The molecule has 2 aromatic rings. The van der Waals surface area contributed by atoms with Gasteiger partial charge in [-0.25, -0.2) is 18.4 Å². The Hall–Kier alpha value is -2.91. The summed E-state index contributed by atoms with van der Waals surface area (Å²) < 4.78 is 33.0. The molecule has 0 fully saturated rings. The molecule has 9 heteroatoms. The van der Waals surface area contributed by atoms with Crippen LogP contribution in [0.15, 0.2) is 47.4 Å². The SMILES string of the molecule is CC(OC(=O)COc1ccc2c(c1)CCC2)C(=O)Nc1ccc(S(N)(=O)=O)cc1. The fraction of sp³-hybridized carbons (Fsp3) is 0.300. The van der Waals surface area contributed by atoms with E-state index in [4.69, 9.17) is 14.6 Å². The first-order chi connectivity index (χ1) is 13.7. The first-order valence-electron chi connectivity index (χ1n) is 9.10. The van der Waals surface area contributed by atoms with Crippen LogP contribution in [0, 0.1) is 0 Å². The van der Waals surface area contributed by atoms with E-state index < -0.39 is 28.0 Å². The summed E-state index contributed by atoms with van der Waals surface area (Å²) >= 11 is 0. The molecule has 0 saturated carbocycles. The van der Waals surface area contributed by atoms with Crippen molar-refractivity contribution < 1.29 is 27.5 Å². The number of carbonyl (C=O) groups excluding carboxylic acids is 2. The van der Waals surface area contributed by atoms with Crippen LogP contribution in [0.25, 0.3) is 0 Å². The lowest BCUT2D eigenvalue weighted by molar-refractivity contribution is -0.155. The molecule has 2 aromatic carbocycles. The average molecular weight is 418 g/mol. The summed E-state index contributed by atoms with van der Waals surface area (Å²) in [6, 6.07) is 11.1. The van der Waals surface area contributed by atoms with Crippen LogP contribution < -0.4 is 15.2 Å². The first kappa shape index (κ1) is 20.8. The fourth-order valence-corrected chi connectivity index (χ4v) is 3.55. The Morgan fingerprint density at radius 2 is 1.79 bits per heavy atom. The van der Waals surface area contributed by atoms with Crippen molar-refractivity contribution in [2.24, 2.45) is 5.14 Å². The number of fused-ring (bicyclic) bond motifs is 1. The number of anilines is 1. The van der Waals surface area contributed by atoms with Crippen molar-refractivity contribution in [1.29, 1.82) is 0 Å². The molecule has 1 atom stereocenters. The van der Waals surface area contributed by atoms with Crippen LogP contribution in [0.3, 0.4) is 0 Å². The van der Waals surface area contributed by atoms with E-state index in [9.17, 15) is 18.0 Å². The Labute approximate surface area is 169 Å². The molecule has 0 aromatic heterocycles. The number of sulfonamides is 1. The van der Waals surface area contributed by atoms with Gasteiger partial charge in [0.15, 0.2) is 12.7 Å². The highest BCUT2D eigenvalue weighted by atomic mass is 32.2. The monoisotopic (exact) mass is 418 g/mol. The molecule has 154 valence electrons. The van der Waals surface area contributed by atoms with E-state index in [1.54, 1.807) is 0 Å². The van der Waals surface area contributed by atoms with Crippen molar-refractivity contribution in [2.45, 2.75) is 37.2 Å². The second-order valence-corrected chi connectivity index (χ2v) is 8.32. The zero-order valence-corrected chi connectivity index (χ0v) is 16.7. The fourth-order valence-electron chi connectivity index (χ4n) is 3.04. The van der Waals surface area contributed by atoms with E-state index in [-0.39, 0.29) is 11.5 Å². The average Bonchev–Trinajstić information content (AvgIpc) is 3.14. The quantitative estimate of drug-likeness (QED) is 0.660. The number of ether oxygens (including phenoxy) is 2. The van der Waals surface area contributed by atoms with Gasteiger partial charge in [-0.15, -0.1) is 0 Å². The second kappa shape index (κ2) is 8.62. The van der Waals surface area contributed by atoms with E-state index in [1.165, 1.54) is 42.3 Å². The lowest BCUT2D eigenvalue weighted by Crippen LogP contribution is -2.31. The minimum Gasteiger partial charge on any atom is -0.482 e. The number of hydrogen-bond acceptors (Lipinski definition) is 6. The number of benzene rings is 2. The van der Waals surface area contributed by atoms with Crippen molar-refractivity contribution in [2.75, 3.05) is 11.9 Å². The lowest BCUT2D eigenvalue weighted by Gasteiger charge is -2.14. The summed E-state index contributed by atoms with van der Waals surface area (Å²) in [6.07, 6.45) is 2.14. The zero-order chi connectivity index (χ0) is 21.0. The Morgan fingerprint density at radius 3 is 2.48 bits per heavy atom. The maximum atomic E-state index is 12.2. The van der Waals surface area contributed by atoms with Crippen molar-refractivity contribution >= 4 is 27.6 Å². The van der Waals surface area contributed by atoms with E-state index in [0.29, 0.717) is 11.4 Å². The van der Waals surface area contributed by atoms with Gasteiger partial charge in [-0.05, 0) is 73.7 Å². The maximum absolute atomic E-state index is 12.2. The molecule has 1 unspecified atom stereocenters. The number of esters is 1. The van der Waals surface area contributed by atoms with E-state index in [2.05, 4.69) is 5.32 Å². The Kier molecular flexibility index (Phi) is 6.19. The van der Waals surface area contributed by atoms with Gasteiger partial charge in [-0.3, -0.25) is 4.79 Å². The Morgan fingerprint density at radius 1 is 1.10 bits per heavy atom. The van der Waals surface area contributed by atoms with Crippen LogP contribution in [0.2, 0.25) is 0 Å². The van der Waals surface area contributed by atoms with Gasteiger partial charge in [0.2, 0.25) is 10.0 Å². The molecule has 0 saturated heterocycles. The standard InChI is InChI=1S/C20H22N2O6S/c1-13(20(24)22-16-6-9-18(10-7-16)29(21,25)26)28-19(23)12-27-17-8-5-14-3-2-4-15(14)11-17/h5-11,13H,2-4,12H2,1H3,(H,22,24)(H2,21,25,26). The summed E-state index contributed by atoms with van der Waals surface area (Å²) in [6.45, 7) is 1.13. The van der Waals surface area contributed by atoms with Gasteiger partial charge in [0.05, 0.1) is 4.90 Å². The number of nitrogens with two attached hydrogens (primary N) is 1. The number of primary sulfonamides is 1. The van der Waals surface area contributed by atoms with Gasteiger partial charge in [0.25, 0.3) is 5.91 Å². The zero-order valence-electron chi connectivity index (χ0n) is 15.9. The molecular formula is C20H22N2O6S. The number of amides is 1. The summed E-state index contributed by atoms with van der Waals surface area (Å²) in [7, 11) is -3.81. The number of nitrogens with one attached hydrogen (secondary N) is 1. The second-order valence-electron chi connectivity index (χ2n) is 6.76. The molecule has 0 heterocycles. The molecule has 3 N–H and O–H groups in total. The van der Waals surface area contributed by atoms with Gasteiger partial charge in [0.1, 0.15) is 5.75 Å². The van der Waals surface area contributed by atoms with Crippen molar-refractivity contribution in [1.82, 2.24) is 0 Å². The molecule has 0 bridgehead atoms. The molecule has 0 radical (unpaired) electrons. The summed E-state index contributed by atoms with van der Waals surface area (Å²) in [4.78, 5) is 24.1. The highest BCUT2D eigenvalue weighted by Gasteiger charge is 2.19. The lowest BCUT2D eigenvalue weighted by atomic mass is 10.1. The van der Waals surface area contributed by atoms with Gasteiger partial charge >= 0.3 is 5.97 Å². The van der Waals surface area contributed by atoms with E-state index in [1.807, 2.05) is 18.2 Å². The molecule has 0 aliphatic heterocycles. The third-order valence-electron chi connectivity index (χ3n) is 4.55. The third-order valence-corrected chi connectivity index (χ3v) is 5.48. The highest BCUT2D eigenvalue weighted by Crippen LogP contribution is 2.26. The summed E-state index contributed by atoms with van der Waals surface area (Å²) in [5, 5.41) is 7.56. The molecule has 1 aliphatic rings. The van der Waals surface area contributed by atoms with Crippen LogP contribution in [-0.2, 0) is 37.2 Å². The molecule has 0 spiro atoms. The molecular weight excluding hydrogens is 396 g/mol. The first-order valence-corrected chi connectivity index (χ1v) is 10.6. The minimum atomic E-state index is -3.81. The van der Waals surface area contributed by atoms with Crippen LogP contribution in [0.1, 0.15) is 24.5 Å². The van der Waals surface area contributed by atoms with Crippen molar-refractivity contribution in [3.05, 3.63) is 53.6 Å². The maximum Gasteiger partial charge on any atom is 0.344 e. The van der Waals surface area contributed by atoms with Crippen molar-refractivity contribution in [3.63, 3.8) is 0 Å². The summed E-state index contributed by atoms with van der Waals surface area (Å²) in [5.41, 5.74) is 2.89. The summed E-state index contributed by atoms with van der Waals surface area (Å²) in [5.74, 6) is -0.633. The Balaban J connectivity index is 1.48. The van der Waals surface area contributed by atoms with Crippen LogP contribution in [0.4, 0.5) is 5.69 Å². The normalized spacial score (nSPS) is 14.0. The minimum absolute atomic E-state index is 0.0707. The van der Waals surface area contributed by atoms with Gasteiger partial charge in [-0.1, -0.05) is 6.07 Å². The van der Waals surface area contributed by atoms with Gasteiger partial charge in [-0.2, -0.15) is 0 Å². The molecule has 3 rings (SSSR count). The highest BCUT2D eigenvalue weighted by molar-refractivity contribution is 7.89. The predicted octanol–water partition coefficient (Wildman–Crippen LogP) is 1.77. The third kappa shape index (κ3) is 5.55. The van der Waals surface area contributed by atoms with E-state index in [0.717, 1.165) is 19.3 Å². The van der Waals surface area contributed by atoms with Crippen LogP contribution in [0.5, 0.6) is 5.75 Å². The smallest absolute Gasteiger partial charge is 0.344 e. The molecule has 8 nitrogen and oxygen atoms in total. The number of rotatable bonds is 7.